The van der Waals surface area contributed by atoms with Crippen molar-refractivity contribution in [3.8, 4) is 5.69 Å². The first-order valence-corrected chi connectivity index (χ1v) is 7.59. The molecule has 10 heteroatoms. The molecular formula is C11H9ClN6O2S. The van der Waals surface area contributed by atoms with Crippen molar-refractivity contribution >= 4 is 27.3 Å². The summed E-state index contributed by atoms with van der Waals surface area (Å²) >= 11 is 6.13. The molecule has 108 valence electrons. The minimum absolute atomic E-state index is 0.0204. The Morgan fingerprint density at radius 1 is 1.33 bits per heavy atom. The maximum Gasteiger partial charge on any atom is 0.265 e. The fraction of sp³-hybridized carbons (Fsp3) is 0. The lowest BCUT2D eigenvalue weighted by Crippen LogP contribution is -2.14. The number of H-pyrrole nitrogens is 1. The lowest BCUT2D eigenvalue weighted by molar-refractivity contribution is 0.601. The summed E-state index contributed by atoms with van der Waals surface area (Å²) in [4.78, 5) is 3.85. The smallest absolute Gasteiger partial charge is 0.265 e. The van der Waals surface area contributed by atoms with Crippen LogP contribution in [-0.4, -0.2) is 33.4 Å². The molecule has 0 spiro atoms. The summed E-state index contributed by atoms with van der Waals surface area (Å²) in [5.41, 5.74) is 0.679. The SMILES string of the molecule is O=S(=O)(Nc1cccc(Cl)c1-n1cncn1)c1cn[nH]c1. The average Bonchev–Trinajstić information content (AvgIpc) is 3.12. The number of rotatable bonds is 4. The van der Waals surface area contributed by atoms with Crippen LogP contribution in [0.1, 0.15) is 0 Å². The summed E-state index contributed by atoms with van der Waals surface area (Å²) in [6, 6.07) is 4.85. The number of aromatic nitrogens is 5. The largest absolute Gasteiger partial charge is 0.284 e. The first kappa shape index (κ1) is 13.6. The minimum Gasteiger partial charge on any atom is -0.284 e. The van der Waals surface area contributed by atoms with Gasteiger partial charge in [-0.2, -0.15) is 10.2 Å². The molecule has 0 aliphatic heterocycles. The van der Waals surface area contributed by atoms with Gasteiger partial charge in [0.15, 0.2) is 0 Å². The molecule has 3 aromatic rings. The van der Waals surface area contributed by atoms with Gasteiger partial charge in [-0.15, -0.1) is 0 Å². The number of anilines is 1. The van der Waals surface area contributed by atoms with Gasteiger partial charge in [0.1, 0.15) is 23.2 Å². The molecule has 2 N–H and O–H groups in total. The molecule has 0 amide bonds. The Labute approximate surface area is 124 Å². The van der Waals surface area contributed by atoms with E-state index >= 15 is 0 Å². The summed E-state index contributed by atoms with van der Waals surface area (Å²) in [7, 11) is -3.76. The molecule has 21 heavy (non-hydrogen) atoms. The van der Waals surface area contributed by atoms with E-state index in [1.54, 1.807) is 18.2 Å². The monoisotopic (exact) mass is 324 g/mol. The Kier molecular flexibility index (Phi) is 3.35. The van der Waals surface area contributed by atoms with Crippen molar-refractivity contribution in [3.05, 3.63) is 48.3 Å². The first-order valence-electron chi connectivity index (χ1n) is 5.73. The Hall–Kier alpha value is -2.39. The zero-order chi connectivity index (χ0) is 14.9. The van der Waals surface area contributed by atoms with Gasteiger partial charge in [0.05, 0.1) is 16.9 Å². The average molecular weight is 325 g/mol. The number of nitrogens with one attached hydrogen (secondary N) is 2. The molecule has 0 fully saturated rings. The normalized spacial score (nSPS) is 11.5. The summed E-state index contributed by atoms with van der Waals surface area (Å²) in [5.74, 6) is 0. The number of para-hydroxylation sites is 1. The first-order chi connectivity index (χ1) is 10.1. The van der Waals surface area contributed by atoms with Gasteiger partial charge >= 0.3 is 0 Å². The number of aromatic amines is 1. The van der Waals surface area contributed by atoms with Crippen molar-refractivity contribution in [1.82, 2.24) is 25.0 Å². The molecule has 0 aliphatic rings. The zero-order valence-corrected chi connectivity index (χ0v) is 12.0. The number of benzene rings is 1. The fourth-order valence-corrected chi connectivity index (χ4v) is 2.98. The summed E-state index contributed by atoms with van der Waals surface area (Å²) in [6.07, 6.45) is 5.25. The number of nitrogens with zero attached hydrogens (tertiary/aromatic N) is 4. The van der Waals surface area contributed by atoms with Gasteiger partial charge in [-0.05, 0) is 12.1 Å². The molecule has 2 aromatic heterocycles. The number of hydrogen-bond acceptors (Lipinski definition) is 5. The third kappa shape index (κ3) is 2.60. The van der Waals surface area contributed by atoms with E-state index in [1.807, 2.05) is 0 Å². The van der Waals surface area contributed by atoms with Crippen LogP contribution in [0.25, 0.3) is 5.69 Å². The Balaban J connectivity index is 2.07. The predicted molar refractivity (Wildman–Crippen MR) is 75.8 cm³/mol. The molecule has 0 radical (unpaired) electrons. The molecule has 3 rings (SSSR count). The third-order valence-corrected chi connectivity index (χ3v) is 4.30. The lowest BCUT2D eigenvalue weighted by atomic mass is 10.3. The van der Waals surface area contributed by atoms with Crippen LogP contribution in [0.5, 0.6) is 0 Å². The van der Waals surface area contributed by atoms with Crippen LogP contribution in [0, 0.1) is 0 Å². The van der Waals surface area contributed by atoms with Gasteiger partial charge < -0.3 is 0 Å². The second-order valence-electron chi connectivity index (χ2n) is 4.02. The van der Waals surface area contributed by atoms with Crippen LogP contribution < -0.4 is 4.72 Å². The standard InChI is InChI=1S/C11H9ClN6O2S/c12-9-2-1-3-10(11(9)18-7-13-6-16-18)17-21(19,20)8-4-14-15-5-8/h1-7,17H,(H,14,15). The van der Waals surface area contributed by atoms with Crippen molar-refractivity contribution in [3.63, 3.8) is 0 Å². The molecule has 0 unspecified atom stereocenters. The minimum atomic E-state index is -3.76. The van der Waals surface area contributed by atoms with Crippen LogP contribution in [0.15, 0.2) is 48.1 Å². The molecule has 1 aromatic carbocycles. The number of sulfonamides is 1. The van der Waals surface area contributed by atoms with Gasteiger partial charge in [-0.25, -0.2) is 18.1 Å². The van der Waals surface area contributed by atoms with Crippen molar-refractivity contribution in [2.45, 2.75) is 4.90 Å². The maximum atomic E-state index is 12.2. The van der Waals surface area contributed by atoms with Crippen LogP contribution in [0.3, 0.4) is 0 Å². The van der Waals surface area contributed by atoms with E-state index in [2.05, 4.69) is 25.0 Å². The maximum absolute atomic E-state index is 12.2. The second kappa shape index (κ2) is 5.19. The van der Waals surface area contributed by atoms with Crippen molar-refractivity contribution < 1.29 is 8.42 Å². The number of halogens is 1. The van der Waals surface area contributed by atoms with Crippen LogP contribution in [0.4, 0.5) is 5.69 Å². The molecule has 0 saturated carbocycles. The highest BCUT2D eigenvalue weighted by Gasteiger charge is 2.19. The van der Waals surface area contributed by atoms with Crippen molar-refractivity contribution in [2.24, 2.45) is 0 Å². The topological polar surface area (TPSA) is 106 Å². The fourth-order valence-electron chi connectivity index (χ4n) is 1.74. The van der Waals surface area contributed by atoms with E-state index < -0.39 is 10.0 Å². The number of hydrogen-bond donors (Lipinski definition) is 2. The van der Waals surface area contributed by atoms with Crippen LogP contribution in [-0.2, 0) is 10.0 Å². The van der Waals surface area contributed by atoms with Gasteiger partial charge in [0, 0.05) is 6.20 Å². The molecule has 0 atom stereocenters. The predicted octanol–water partition coefficient (Wildman–Crippen LogP) is 1.44. The van der Waals surface area contributed by atoms with E-state index in [0.717, 1.165) is 0 Å². The zero-order valence-electron chi connectivity index (χ0n) is 10.4. The molecule has 8 nitrogen and oxygen atoms in total. The lowest BCUT2D eigenvalue weighted by Gasteiger charge is -2.12. The van der Waals surface area contributed by atoms with E-state index in [1.165, 1.54) is 29.7 Å². The molecule has 0 aliphatic carbocycles. The molecular weight excluding hydrogens is 316 g/mol. The Morgan fingerprint density at radius 3 is 2.86 bits per heavy atom. The highest BCUT2D eigenvalue weighted by molar-refractivity contribution is 7.92. The Bertz CT molecular complexity index is 845. The summed E-state index contributed by atoms with van der Waals surface area (Å²) in [6.45, 7) is 0. The molecule has 2 heterocycles. The van der Waals surface area contributed by atoms with Crippen molar-refractivity contribution in [2.75, 3.05) is 4.72 Å². The summed E-state index contributed by atoms with van der Waals surface area (Å²) < 4.78 is 28.3. The van der Waals surface area contributed by atoms with Crippen LogP contribution >= 0.6 is 11.6 Å². The highest BCUT2D eigenvalue weighted by Crippen LogP contribution is 2.29. The van der Waals surface area contributed by atoms with Gasteiger partial charge in [0.25, 0.3) is 10.0 Å². The van der Waals surface area contributed by atoms with E-state index in [-0.39, 0.29) is 10.6 Å². The van der Waals surface area contributed by atoms with Crippen molar-refractivity contribution in [1.29, 1.82) is 0 Å². The quantitative estimate of drug-likeness (QED) is 0.755. The highest BCUT2D eigenvalue weighted by atomic mass is 35.5. The van der Waals surface area contributed by atoms with Gasteiger partial charge in [0.2, 0.25) is 0 Å². The summed E-state index contributed by atoms with van der Waals surface area (Å²) in [5, 5.41) is 10.4. The molecule has 0 saturated heterocycles. The third-order valence-electron chi connectivity index (χ3n) is 2.66. The molecule has 0 bridgehead atoms. The van der Waals surface area contributed by atoms with Gasteiger partial charge in [-0.1, -0.05) is 17.7 Å². The van der Waals surface area contributed by atoms with E-state index in [9.17, 15) is 8.42 Å². The van der Waals surface area contributed by atoms with Gasteiger partial charge in [-0.3, -0.25) is 9.82 Å². The Morgan fingerprint density at radius 2 is 2.19 bits per heavy atom. The second-order valence-corrected chi connectivity index (χ2v) is 6.11. The van der Waals surface area contributed by atoms with E-state index in [0.29, 0.717) is 10.7 Å². The van der Waals surface area contributed by atoms with E-state index in [4.69, 9.17) is 11.6 Å². The van der Waals surface area contributed by atoms with Crippen LogP contribution in [0.2, 0.25) is 5.02 Å².